The van der Waals surface area contributed by atoms with E-state index < -0.39 is 6.04 Å². The molecule has 2 N–H and O–H groups in total. The van der Waals surface area contributed by atoms with Crippen molar-refractivity contribution in [2.45, 2.75) is 51.1 Å². The lowest BCUT2D eigenvalue weighted by Crippen LogP contribution is -2.35. The number of likely N-dealkylation sites (tertiary alicyclic amines) is 2. The summed E-state index contributed by atoms with van der Waals surface area (Å²) in [5.74, 6) is 0.373. The highest BCUT2D eigenvalue weighted by Gasteiger charge is 2.29. The second kappa shape index (κ2) is 12.0. The highest BCUT2D eigenvalue weighted by Crippen LogP contribution is 2.25. The van der Waals surface area contributed by atoms with Crippen LogP contribution < -0.4 is 5.32 Å². The van der Waals surface area contributed by atoms with Gasteiger partial charge >= 0.3 is 0 Å². The zero-order valence-electron chi connectivity index (χ0n) is 23.4. The number of fused-ring (bicyclic) bond motifs is 1. The van der Waals surface area contributed by atoms with Gasteiger partial charge in [0.1, 0.15) is 5.82 Å². The van der Waals surface area contributed by atoms with E-state index in [2.05, 4.69) is 15.2 Å². The van der Waals surface area contributed by atoms with Crippen molar-refractivity contribution in [3.63, 3.8) is 0 Å². The Balaban J connectivity index is 1.33. The first-order valence-electron chi connectivity index (χ1n) is 14.0. The van der Waals surface area contributed by atoms with E-state index in [-0.39, 0.29) is 24.1 Å². The van der Waals surface area contributed by atoms with Crippen molar-refractivity contribution < 1.29 is 14.4 Å². The van der Waals surface area contributed by atoms with Crippen LogP contribution >= 0.6 is 11.6 Å². The molecular formula is C30H37ClN6O3. The SMILES string of the molecule is Cc1cc(C(=O)N[C@@H](CCC(=O)N2CC[C@@H](N(C)C)C2)c2nc3ccc(Cl)cc3[nH]2)ccc1C(=O)N1CCCC1. The first-order valence-corrected chi connectivity index (χ1v) is 14.4. The van der Waals surface area contributed by atoms with E-state index in [1.807, 2.05) is 36.9 Å². The van der Waals surface area contributed by atoms with Gasteiger partial charge in [-0.25, -0.2) is 4.98 Å². The fraction of sp³-hybridized carbons (Fsp3) is 0.467. The van der Waals surface area contributed by atoms with E-state index in [0.717, 1.165) is 55.5 Å². The summed E-state index contributed by atoms with van der Waals surface area (Å²) >= 11 is 6.17. The highest BCUT2D eigenvalue weighted by molar-refractivity contribution is 6.31. The third kappa shape index (κ3) is 6.15. The molecule has 10 heteroatoms. The summed E-state index contributed by atoms with van der Waals surface area (Å²) in [6.07, 6.45) is 3.68. The van der Waals surface area contributed by atoms with Crippen molar-refractivity contribution in [3.05, 3.63) is 63.9 Å². The average molecular weight is 565 g/mol. The van der Waals surface area contributed by atoms with Crippen LogP contribution in [0.2, 0.25) is 5.02 Å². The molecule has 9 nitrogen and oxygen atoms in total. The molecule has 1 aromatic heterocycles. The van der Waals surface area contributed by atoms with E-state index in [1.54, 1.807) is 30.3 Å². The molecule has 2 fully saturated rings. The summed E-state index contributed by atoms with van der Waals surface area (Å²) in [4.78, 5) is 53.3. The molecule has 0 spiro atoms. The lowest BCUT2D eigenvalue weighted by Gasteiger charge is -2.22. The molecule has 3 aromatic rings. The van der Waals surface area contributed by atoms with Gasteiger partial charge < -0.3 is 25.0 Å². The number of carbonyl (C=O) groups is 3. The Morgan fingerprint density at radius 2 is 1.88 bits per heavy atom. The number of nitrogens with one attached hydrogen (secondary N) is 2. The van der Waals surface area contributed by atoms with Gasteiger partial charge in [0.25, 0.3) is 11.8 Å². The van der Waals surface area contributed by atoms with E-state index in [1.165, 1.54) is 0 Å². The molecule has 5 rings (SSSR count). The predicted octanol–water partition coefficient (Wildman–Crippen LogP) is 4.17. The Kier molecular flexibility index (Phi) is 8.42. The average Bonchev–Trinajstić information content (AvgIpc) is 3.71. The molecular weight excluding hydrogens is 528 g/mol. The molecule has 0 unspecified atom stereocenters. The van der Waals surface area contributed by atoms with E-state index >= 15 is 0 Å². The van der Waals surface area contributed by atoms with Gasteiger partial charge in [0.15, 0.2) is 0 Å². The number of aromatic nitrogens is 2. The summed E-state index contributed by atoms with van der Waals surface area (Å²) in [6, 6.07) is 10.4. The number of nitrogens with zero attached hydrogens (tertiary/aromatic N) is 4. The molecule has 2 saturated heterocycles. The molecule has 2 aliphatic rings. The lowest BCUT2D eigenvalue weighted by atomic mass is 10.0. The second-order valence-electron chi connectivity index (χ2n) is 11.1. The van der Waals surface area contributed by atoms with Crippen LogP contribution in [-0.2, 0) is 4.79 Å². The van der Waals surface area contributed by atoms with Crippen molar-refractivity contribution >= 4 is 40.4 Å². The number of amides is 3. The van der Waals surface area contributed by atoms with Crippen molar-refractivity contribution in [1.29, 1.82) is 0 Å². The largest absolute Gasteiger partial charge is 0.342 e. The Hall–Kier alpha value is -3.43. The zero-order valence-corrected chi connectivity index (χ0v) is 24.1. The third-order valence-corrected chi connectivity index (χ3v) is 8.34. The number of halogens is 1. The van der Waals surface area contributed by atoms with Gasteiger partial charge in [-0.15, -0.1) is 0 Å². The Bertz CT molecular complexity index is 1410. The van der Waals surface area contributed by atoms with Gasteiger partial charge in [-0.1, -0.05) is 11.6 Å². The smallest absolute Gasteiger partial charge is 0.254 e. The van der Waals surface area contributed by atoms with Crippen LogP contribution in [0.1, 0.15) is 70.2 Å². The number of carbonyl (C=O) groups excluding carboxylic acids is 3. The molecule has 0 radical (unpaired) electrons. The van der Waals surface area contributed by atoms with Crippen LogP contribution in [-0.4, -0.2) is 88.7 Å². The molecule has 2 aromatic carbocycles. The number of benzene rings is 2. The summed E-state index contributed by atoms with van der Waals surface area (Å²) in [5, 5.41) is 3.67. The van der Waals surface area contributed by atoms with E-state index in [9.17, 15) is 14.4 Å². The molecule has 0 saturated carbocycles. The van der Waals surface area contributed by atoms with Crippen LogP contribution in [0.4, 0.5) is 0 Å². The summed E-state index contributed by atoms with van der Waals surface area (Å²) in [5.41, 5.74) is 3.34. The number of hydrogen-bond donors (Lipinski definition) is 2. The summed E-state index contributed by atoms with van der Waals surface area (Å²) in [6.45, 7) is 4.86. The monoisotopic (exact) mass is 564 g/mol. The Labute approximate surface area is 239 Å². The van der Waals surface area contributed by atoms with Crippen LogP contribution in [0.15, 0.2) is 36.4 Å². The van der Waals surface area contributed by atoms with Crippen molar-refractivity contribution in [1.82, 2.24) is 30.0 Å². The quantitative estimate of drug-likeness (QED) is 0.427. The molecule has 3 heterocycles. The molecule has 212 valence electrons. The fourth-order valence-electron chi connectivity index (χ4n) is 5.64. The predicted molar refractivity (Wildman–Crippen MR) is 156 cm³/mol. The summed E-state index contributed by atoms with van der Waals surface area (Å²) < 4.78 is 0. The second-order valence-corrected chi connectivity index (χ2v) is 11.6. The lowest BCUT2D eigenvalue weighted by molar-refractivity contribution is -0.130. The zero-order chi connectivity index (χ0) is 28.4. The van der Waals surface area contributed by atoms with Crippen LogP contribution in [0.25, 0.3) is 11.0 Å². The topological polar surface area (TPSA) is 102 Å². The highest BCUT2D eigenvalue weighted by atomic mass is 35.5. The first kappa shape index (κ1) is 28.1. The van der Waals surface area contributed by atoms with Crippen molar-refractivity contribution in [3.8, 4) is 0 Å². The molecule has 2 aliphatic heterocycles. The number of likely N-dealkylation sites (N-methyl/N-ethyl adjacent to an activating group) is 1. The molecule has 0 bridgehead atoms. The van der Waals surface area contributed by atoms with Gasteiger partial charge in [0.2, 0.25) is 5.91 Å². The minimum atomic E-state index is -0.513. The van der Waals surface area contributed by atoms with Crippen LogP contribution in [0.3, 0.4) is 0 Å². The molecule has 40 heavy (non-hydrogen) atoms. The van der Waals surface area contributed by atoms with E-state index in [0.29, 0.717) is 41.0 Å². The van der Waals surface area contributed by atoms with Gasteiger partial charge in [0, 0.05) is 54.8 Å². The number of hydrogen-bond acceptors (Lipinski definition) is 5. The number of rotatable bonds is 8. The Morgan fingerprint density at radius 1 is 1.10 bits per heavy atom. The maximum absolute atomic E-state index is 13.4. The first-order chi connectivity index (χ1) is 19.2. The van der Waals surface area contributed by atoms with Crippen LogP contribution in [0, 0.1) is 6.92 Å². The maximum Gasteiger partial charge on any atom is 0.254 e. The number of aromatic amines is 1. The molecule has 0 aliphatic carbocycles. The van der Waals surface area contributed by atoms with Gasteiger partial charge in [-0.2, -0.15) is 0 Å². The standard InChI is InChI=1S/C30H37ClN6O3/c1-19-16-20(6-8-23(19)30(40)36-13-4-5-14-36)29(39)34-25(28-32-24-9-7-21(31)17-26(24)33-28)10-11-27(38)37-15-12-22(18-37)35(2)3/h6-9,16-17,22,25H,4-5,10-15,18H2,1-3H3,(H,32,33)(H,34,39)/t22-,25+/m1/s1. The Morgan fingerprint density at radius 3 is 2.58 bits per heavy atom. The maximum atomic E-state index is 13.4. The minimum Gasteiger partial charge on any atom is -0.342 e. The van der Waals surface area contributed by atoms with Crippen molar-refractivity contribution in [2.75, 3.05) is 40.3 Å². The molecule has 2 atom stereocenters. The minimum absolute atomic E-state index is 0.0118. The normalized spacial score (nSPS) is 18.1. The fourth-order valence-corrected chi connectivity index (χ4v) is 5.81. The van der Waals surface area contributed by atoms with Gasteiger partial charge in [0.05, 0.1) is 17.1 Å². The van der Waals surface area contributed by atoms with E-state index in [4.69, 9.17) is 16.6 Å². The van der Waals surface area contributed by atoms with Crippen LogP contribution in [0.5, 0.6) is 0 Å². The summed E-state index contributed by atoms with van der Waals surface area (Å²) in [7, 11) is 4.07. The van der Waals surface area contributed by atoms with Gasteiger partial charge in [-0.05, 0) is 88.7 Å². The third-order valence-electron chi connectivity index (χ3n) is 8.10. The number of H-pyrrole nitrogens is 1. The molecule has 3 amide bonds. The number of aryl methyl sites for hydroxylation is 1. The number of imidazole rings is 1. The van der Waals surface area contributed by atoms with Crippen molar-refractivity contribution in [2.24, 2.45) is 0 Å². The van der Waals surface area contributed by atoms with Gasteiger partial charge in [-0.3, -0.25) is 14.4 Å².